The number of hydrogen-bond donors (Lipinski definition) is 0. The zero-order valence-electron chi connectivity index (χ0n) is 17.3. The first kappa shape index (κ1) is 20.2. The Kier molecular flexibility index (Phi) is 6.91. The molecule has 0 aromatic carbocycles. The molecule has 0 aromatic heterocycles. The molecular formula is C24H39N. The first-order valence-electron chi connectivity index (χ1n) is 10.1. The highest BCUT2D eigenvalue weighted by Gasteiger charge is 2.26. The maximum Gasteiger partial charge on any atom is 0.0201 e. The van der Waals surface area contributed by atoms with E-state index >= 15 is 0 Å². The van der Waals surface area contributed by atoms with Gasteiger partial charge in [-0.25, -0.2) is 0 Å². The van der Waals surface area contributed by atoms with Crippen LogP contribution in [0, 0.1) is 11.8 Å². The molecule has 2 atom stereocenters. The first-order valence-corrected chi connectivity index (χ1v) is 10.1. The van der Waals surface area contributed by atoms with E-state index in [1.807, 2.05) is 0 Å². The predicted octanol–water partition coefficient (Wildman–Crippen LogP) is 6.69. The summed E-state index contributed by atoms with van der Waals surface area (Å²) in [7, 11) is 0. The second-order valence-corrected chi connectivity index (χ2v) is 9.39. The molecule has 0 heterocycles. The molecule has 1 nitrogen and oxygen atoms in total. The summed E-state index contributed by atoms with van der Waals surface area (Å²) in [6.45, 7) is 22.0. The maximum atomic E-state index is 4.15. The Balaban J connectivity index is 1.99. The van der Waals surface area contributed by atoms with E-state index in [9.17, 15) is 0 Å². The van der Waals surface area contributed by atoms with Crippen LogP contribution < -0.4 is 0 Å². The van der Waals surface area contributed by atoms with E-state index in [1.165, 1.54) is 49.7 Å². The molecule has 2 aliphatic rings. The molecule has 140 valence electrons. The van der Waals surface area contributed by atoms with Crippen molar-refractivity contribution in [1.29, 1.82) is 0 Å². The van der Waals surface area contributed by atoms with Crippen molar-refractivity contribution in [3.05, 3.63) is 47.6 Å². The average molecular weight is 342 g/mol. The van der Waals surface area contributed by atoms with Crippen molar-refractivity contribution in [2.24, 2.45) is 11.8 Å². The molecule has 0 fully saturated rings. The Morgan fingerprint density at radius 2 is 1.32 bits per heavy atom. The van der Waals surface area contributed by atoms with Crippen LogP contribution in [0.15, 0.2) is 47.6 Å². The fourth-order valence-electron chi connectivity index (χ4n) is 3.98. The van der Waals surface area contributed by atoms with Crippen LogP contribution in [0.1, 0.15) is 73.1 Å². The van der Waals surface area contributed by atoms with E-state index in [0.29, 0.717) is 11.8 Å². The smallest absolute Gasteiger partial charge is 0.0201 e. The summed E-state index contributed by atoms with van der Waals surface area (Å²) < 4.78 is 0. The molecule has 0 N–H and O–H groups in total. The normalized spacial score (nSPS) is 24.7. The molecule has 2 unspecified atom stereocenters. The summed E-state index contributed by atoms with van der Waals surface area (Å²) in [5, 5.41) is 0. The molecule has 0 radical (unpaired) electrons. The Morgan fingerprint density at radius 3 is 1.56 bits per heavy atom. The van der Waals surface area contributed by atoms with Crippen molar-refractivity contribution in [2.75, 3.05) is 13.1 Å². The Bertz CT molecular complexity index is 511. The molecule has 0 aliphatic heterocycles. The van der Waals surface area contributed by atoms with Crippen molar-refractivity contribution >= 4 is 0 Å². The maximum absolute atomic E-state index is 4.15. The summed E-state index contributed by atoms with van der Waals surface area (Å²) in [5.74, 6) is 1.40. The monoisotopic (exact) mass is 341 g/mol. The van der Waals surface area contributed by atoms with Gasteiger partial charge in [-0.2, -0.15) is 0 Å². The van der Waals surface area contributed by atoms with E-state index in [-0.39, 0.29) is 5.54 Å². The molecule has 0 bridgehead atoms. The van der Waals surface area contributed by atoms with Crippen molar-refractivity contribution in [3.8, 4) is 0 Å². The molecule has 0 spiro atoms. The third-order valence-corrected chi connectivity index (χ3v) is 6.14. The molecule has 0 amide bonds. The van der Waals surface area contributed by atoms with Gasteiger partial charge >= 0.3 is 0 Å². The number of allylic oxidation sites excluding steroid dienone is 4. The molecule has 0 saturated heterocycles. The van der Waals surface area contributed by atoms with E-state index < -0.39 is 0 Å². The summed E-state index contributed by atoms with van der Waals surface area (Å²) in [6.07, 6.45) is 12.4. The van der Waals surface area contributed by atoms with Gasteiger partial charge in [-0.05, 0) is 85.0 Å². The third-order valence-electron chi connectivity index (χ3n) is 6.14. The largest absolute Gasteiger partial charge is 0.291 e. The lowest BCUT2D eigenvalue weighted by molar-refractivity contribution is 0.159. The van der Waals surface area contributed by atoms with Gasteiger partial charge in [-0.15, -0.1) is 0 Å². The van der Waals surface area contributed by atoms with Crippen LogP contribution in [0.4, 0.5) is 0 Å². The Hall–Kier alpha value is -1.08. The molecular weight excluding hydrogens is 302 g/mol. The highest BCUT2D eigenvalue weighted by Crippen LogP contribution is 2.32. The second-order valence-electron chi connectivity index (χ2n) is 9.39. The van der Waals surface area contributed by atoms with Gasteiger partial charge in [0.25, 0.3) is 0 Å². The SMILES string of the molecule is C=C(C)C1CC=C(CN(CC2=CCC(C(=C)C)CC2)C(C)(C)C)CC1. The fourth-order valence-corrected chi connectivity index (χ4v) is 3.98. The van der Waals surface area contributed by atoms with E-state index in [2.05, 4.69) is 64.8 Å². The van der Waals surface area contributed by atoms with Gasteiger partial charge in [0.2, 0.25) is 0 Å². The number of nitrogens with zero attached hydrogens (tertiary/aromatic N) is 1. The van der Waals surface area contributed by atoms with Gasteiger partial charge in [0.05, 0.1) is 0 Å². The molecule has 25 heavy (non-hydrogen) atoms. The Morgan fingerprint density at radius 1 is 0.920 bits per heavy atom. The van der Waals surface area contributed by atoms with Crippen molar-refractivity contribution in [1.82, 2.24) is 4.90 Å². The lowest BCUT2D eigenvalue weighted by atomic mass is 9.84. The molecule has 0 saturated carbocycles. The van der Waals surface area contributed by atoms with Gasteiger partial charge in [-0.3, -0.25) is 4.90 Å². The standard InChI is InChI=1S/C24H39N/c1-18(2)22-12-8-20(9-13-22)16-25(24(5,6)7)17-21-10-14-23(15-11-21)19(3)4/h8,10,22-23H,1,3,9,11-17H2,2,4-7H3. The van der Waals surface area contributed by atoms with Gasteiger partial charge in [0, 0.05) is 18.6 Å². The minimum absolute atomic E-state index is 0.206. The van der Waals surface area contributed by atoms with E-state index in [4.69, 9.17) is 0 Å². The van der Waals surface area contributed by atoms with Crippen LogP contribution >= 0.6 is 0 Å². The van der Waals surface area contributed by atoms with Gasteiger partial charge in [-0.1, -0.05) is 47.6 Å². The van der Waals surface area contributed by atoms with Gasteiger partial charge < -0.3 is 0 Å². The lowest BCUT2D eigenvalue weighted by Gasteiger charge is -2.39. The number of rotatable bonds is 6. The van der Waals surface area contributed by atoms with Crippen molar-refractivity contribution in [2.45, 2.75) is 78.7 Å². The summed E-state index contributed by atoms with van der Waals surface area (Å²) in [5.41, 5.74) is 6.16. The fraction of sp³-hybridized carbons (Fsp3) is 0.667. The number of hydrogen-bond acceptors (Lipinski definition) is 1. The van der Waals surface area contributed by atoms with Gasteiger partial charge in [0.15, 0.2) is 0 Å². The molecule has 1 heteroatoms. The van der Waals surface area contributed by atoms with Crippen LogP contribution in [-0.4, -0.2) is 23.5 Å². The minimum Gasteiger partial charge on any atom is -0.291 e. The minimum atomic E-state index is 0.206. The topological polar surface area (TPSA) is 3.24 Å². The highest BCUT2D eigenvalue weighted by molar-refractivity contribution is 5.17. The third kappa shape index (κ3) is 5.99. The van der Waals surface area contributed by atoms with Crippen LogP contribution in [0.5, 0.6) is 0 Å². The molecule has 2 rings (SSSR count). The quantitative estimate of drug-likeness (QED) is 0.486. The summed E-state index contributed by atoms with van der Waals surface area (Å²) >= 11 is 0. The lowest BCUT2D eigenvalue weighted by Crippen LogP contribution is -2.44. The summed E-state index contributed by atoms with van der Waals surface area (Å²) in [4.78, 5) is 2.67. The Labute approximate surface area is 156 Å². The zero-order valence-corrected chi connectivity index (χ0v) is 17.3. The van der Waals surface area contributed by atoms with E-state index in [0.717, 1.165) is 13.1 Å². The van der Waals surface area contributed by atoms with Crippen LogP contribution in [0.25, 0.3) is 0 Å². The highest BCUT2D eigenvalue weighted by atomic mass is 15.2. The van der Waals surface area contributed by atoms with Crippen molar-refractivity contribution < 1.29 is 0 Å². The van der Waals surface area contributed by atoms with E-state index in [1.54, 1.807) is 11.1 Å². The zero-order chi connectivity index (χ0) is 18.6. The molecule has 2 aliphatic carbocycles. The molecule has 0 aromatic rings. The first-order chi connectivity index (χ1) is 11.7. The van der Waals surface area contributed by atoms with Crippen LogP contribution in [-0.2, 0) is 0 Å². The van der Waals surface area contributed by atoms with Gasteiger partial charge in [0.1, 0.15) is 0 Å². The second kappa shape index (κ2) is 8.54. The predicted molar refractivity (Wildman–Crippen MR) is 112 cm³/mol. The van der Waals surface area contributed by atoms with Crippen LogP contribution in [0.2, 0.25) is 0 Å². The van der Waals surface area contributed by atoms with Crippen LogP contribution in [0.3, 0.4) is 0 Å². The van der Waals surface area contributed by atoms with Crippen molar-refractivity contribution in [3.63, 3.8) is 0 Å². The summed E-state index contributed by atoms with van der Waals surface area (Å²) in [6, 6.07) is 0. The average Bonchev–Trinajstić information content (AvgIpc) is 2.54.